The van der Waals surface area contributed by atoms with E-state index in [1.54, 1.807) is 0 Å². The summed E-state index contributed by atoms with van der Waals surface area (Å²) in [6.45, 7) is 11.3. The first-order valence-corrected chi connectivity index (χ1v) is 11.9. The lowest BCUT2D eigenvalue weighted by molar-refractivity contribution is -0.120. The van der Waals surface area contributed by atoms with Crippen molar-refractivity contribution >= 4 is 17.5 Å². The van der Waals surface area contributed by atoms with Gasteiger partial charge in [-0.3, -0.25) is 9.59 Å². The minimum atomic E-state index is -0.210. The van der Waals surface area contributed by atoms with Crippen LogP contribution in [0.1, 0.15) is 91.0 Å². The Morgan fingerprint density at radius 1 is 0.767 bits per heavy atom. The summed E-state index contributed by atoms with van der Waals surface area (Å²) in [4.78, 5) is 26.3. The van der Waals surface area contributed by atoms with Crippen LogP contribution >= 0.6 is 0 Å². The van der Waals surface area contributed by atoms with Gasteiger partial charge in [0.1, 0.15) is 0 Å². The van der Waals surface area contributed by atoms with Crippen LogP contribution < -0.4 is 4.90 Å². The van der Waals surface area contributed by atoms with Gasteiger partial charge in [0.05, 0.1) is 5.69 Å². The van der Waals surface area contributed by atoms with E-state index in [9.17, 15) is 9.59 Å². The molecule has 0 N–H and O–H groups in total. The number of hydrogen-bond donors (Lipinski definition) is 0. The maximum Gasteiger partial charge on any atom is 0.261 e. The molecule has 0 fully saturated rings. The van der Waals surface area contributed by atoms with Crippen LogP contribution in [-0.4, -0.2) is 11.8 Å². The van der Waals surface area contributed by atoms with Crippen molar-refractivity contribution in [3.05, 3.63) is 41.5 Å². The molecule has 3 nitrogen and oxygen atoms in total. The number of imide groups is 1. The standard InChI is InChI=1S/C27H41NO2/c1-20(2)9-6-10-21(3)11-7-12-22(4)13-8-14-24-19-26(29)28(27(24)30)25-17-15-23(5)16-18-25/h15-22H,6-14H2,1-5H3. The quantitative estimate of drug-likeness (QED) is 0.321. The summed E-state index contributed by atoms with van der Waals surface area (Å²) in [6.07, 6.45) is 12.3. The molecule has 2 rings (SSSR count). The molecule has 1 aliphatic rings. The van der Waals surface area contributed by atoms with Crippen molar-refractivity contribution in [2.75, 3.05) is 4.90 Å². The predicted octanol–water partition coefficient (Wildman–Crippen LogP) is 7.23. The van der Waals surface area contributed by atoms with E-state index in [2.05, 4.69) is 27.7 Å². The Kier molecular flexibility index (Phi) is 9.81. The summed E-state index contributed by atoms with van der Waals surface area (Å²) in [5, 5.41) is 0. The lowest BCUT2D eigenvalue weighted by Crippen LogP contribution is -2.30. The fourth-order valence-electron chi connectivity index (χ4n) is 4.26. The van der Waals surface area contributed by atoms with Crippen LogP contribution in [0.25, 0.3) is 0 Å². The molecule has 166 valence electrons. The molecule has 1 aromatic carbocycles. The van der Waals surface area contributed by atoms with Crippen molar-refractivity contribution in [3.63, 3.8) is 0 Å². The summed E-state index contributed by atoms with van der Waals surface area (Å²) in [5.74, 6) is 1.97. The monoisotopic (exact) mass is 411 g/mol. The smallest absolute Gasteiger partial charge is 0.261 e. The molecular formula is C27H41NO2. The minimum absolute atomic E-state index is 0.147. The average molecular weight is 412 g/mol. The Labute approximate surface area is 183 Å². The van der Waals surface area contributed by atoms with Crippen molar-refractivity contribution in [1.82, 2.24) is 0 Å². The zero-order chi connectivity index (χ0) is 22.1. The summed E-state index contributed by atoms with van der Waals surface area (Å²) in [7, 11) is 0. The number of carbonyl (C=O) groups is 2. The molecule has 30 heavy (non-hydrogen) atoms. The SMILES string of the molecule is Cc1ccc(N2C(=O)C=C(CCCC(C)CCCC(C)CCCC(C)C)C2=O)cc1. The molecule has 0 bridgehead atoms. The highest BCUT2D eigenvalue weighted by Gasteiger charge is 2.31. The van der Waals surface area contributed by atoms with Crippen LogP contribution in [0, 0.1) is 24.7 Å². The highest BCUT2D eigenvalue weighted by atomic mass is 16.2. The topological polar surface area (TPSA) is 37.4 Å². The molecule has 0 saturated carbocycles. The van der Waals surface area contributed by atoms with Gasteiger partial charge in [-0.1, -0.05) is 90.3 Å². The van der Waals surface area contributed by atoms with Gasteiger partial charge in [-0.05, 0) is 49.7 Å². The third-order valence-electron chi connectivity index (χ3n) is 6.30. The third-order valence-corrected chi connectivity index (χ3v) is 6.30. The molecule has 2 unspecified atom stereocenters. The van der Waals surface area contributed by atoms with Crippen LogP contribution in [0.3, 0.4) is 0 Å². The summed E-state index contributed by atoms with van der Waals surface area (Å²) < 4.78 is 0. The Morgan fingerprint density at radius 3 is 1.87 bits per heavy atom. The highest BCUT2D eigenvalue weighted by molar-refractivity contribution is 6.30. The van der Waals surface area contributed by atoms with Gasteiger partial charge in [0.15, 0.2) is 0 Å². The number of carbonyl (C=O) groups excluding carboxylic acids is 2. The number of aryl methyl sites for hydroxylation is 1. The lowest BCUT2D eigenvalue weighted by atomic mass is 9.91. The lowest BCUT2D eigenvalue weighted by Gasteiger charge is -2.16. The van der Waals surface area contributed by atoms with Gasteiger partial charge >= 0.3 is 0 Å². The normalized spacial score (nSPS) is 16.3. The molecule has 2 amide bonds. The Morgan fingerprint density at radius 2 is 1.30 bits per heavy atom. The zero-order valence-corrected chi connectivity index (χ0v) is 19.7. The van der Waals surface area contributed by atoms with Crippen LogP contribution in [0.15, 0.2) is 35.9 Å². The largest absolute Gasteiger partial charge is 0.269 e. The van der Waals surface area contributed by atoms with E-state index < -0.39 is 0 Å². The zero-order valence-electron chi connectivity index (χ0n) is 19.7. The van der Waals surface area contributed by atoms with E-state index in [1.807, 2.05) is 31.2 Å². The number of nitrogens with zero attached hydrogens (tertiary/aromatic N) is 1. The van der Waals surface area contributed by atoms with Crippen molar-refractivity contribution in [1.29, 1.82) is 0 Å². The van der Waals surface area contributed by atoms with Crippen LogP contribution in [0.5, 0.6) is 0 Å². The molecule has 1 aromatic rings. The van der Waals surface area contributed by atoms with Gasteiger partial charge in [0.2, 0.25) is 0 Å². The van der Waals surface area contributed by atoms with Crippen molar-refractivity contribution < 1.29 is 9.59 Å². The molecule has 1 heterocycles. The maximum absolute atomic E-state index is 12.7. The number of hydrogen-bond acceptors (Lipinski definition) is 2. The number of amides is 2. The van der Waals surface area contributed by atoms with Gasteiger partial charge in [0.25, 0.3) is 11.8 Å². The Balaban J connectivity index is 1.66. The van der Waals surface area contributed by atoms with Gasteiger partial charge in [0, 0.05) is 11.6 Å². The van der Waals surface area contributed by atoms with Gasteiger partial charge in [-0.25, -0.2) is 4.90 Å². The maximum atomic E-state index is 12.7. The molecule has 0 spiro atoms. The Bertz CT molecular complexity index is 717. The Hall–Kier alpha value is -1.90. The van der Waals surface area contributed by atoms with E-state index in [4.69, 9.17) is 0 Å². The second kappa shape index (κ2) is 12.1. The fraction of sp³-hybridized carbons (Fsp3) is 0.630. The molecule has 0 aromatic heterocycles. The molecular weight excluding hydrogens is 370 g/mol. The fourth-order valence-corrected chi connectivity index (χ4v) is 4.26. The van der Waals surface area contributed by atoms with Crippen molar-refractivity contribution in [2.45, 2.75) is 92.4 Å². The summed E-state index contributed by atoms with van der Waals surface area (Å²) in [6, 6.07) is 7.54. The number of anilines is 1. The van der Waals surface area contributed by atoms with E-state index in [0.29, 0.717) is 23.6 Å². The minimum Gasteiger partial charge on any atom is -0.269 e. The number of rotatable bonds is 13. The van der Waals surface area contributed by atoms with Gasteiger partial charge < -0.3 is 0 Å². The molecule has 0 radical (unpaired) electrons. The van der Waals surface area contributed by atoms with E-state index >= 15 is 0 Å². The first-order valence-electron chi connectivity index (χ1n) is 11.9. The van der Waals surface area contributed by atoms with E-state index in [0.717, 1.165) is 30.2 Å². The molecule has 2 atom stereocenters. The highest BCUT2D eigenvalue weighted by Crippen LogP contribution is 2.27. The summed E-state index contributed by atoms with van der Waals surface area (Å²) in [5.41, 5.74) is 2.44. The first-order chi connectivity index (χ1) is 14.3. The first kappa shape index (κ1) is 24.4. The number of benzene rings is 1. The summed E-state index contributed by atoms with van der Waals surface area (Å²) >= 11 is 0. The van der Waals surface area contributed by atoms with Crippen LogP contribution in [-0.2, 0) is 9.59 Å². The van der Waals surface area contributed by atoms with Crippen LogP contribution in [0.2, 0.25) is 0 Å². The van der Waals surface area contributed by atoms with E-state index in [-0.39, 0.29) is 11.8 Å². The molecule has 0 saturated heterocycles. The molecule has 3 heteroatoms. The second-order valence-electron chi connectivity index (χ2n) is 9.84. The average Bonchev–Trinajstić information content (AvgIpc) is 2.96. The van der Waals surface area contributed by atoms with Crippen molar-refractivity contribution in [2.24, 2.45) is 17.8 Å². The molecule has 0 aliphatic carbocycles. The third kappa shape index (κ3) is 7.74. The second-order valence-corrected chi connectivity index (χ2v) is 9.84. The van der Waals surface area contributed by atoms with Crippen molar-refractivity contribution in [3.8, 4) is 0 Å². The molecule has 1 aliphatic heterocycles. The van der Waals surface area contributed by atoms with E-state index in [1.165, 1.54) is 49.5 Å². The van der Waals surface area contributed by atoms with Crippen LogP contribution in [0.4, 0.5) is 5.69 Å². The van der Waals surface area contributed by atoms with Gasteiger partial charge in [-0.15, -0.1) is 0 Å². The predicted molar refractivity (Wildman–Crippen MR) is 126 cm³/mol. The van der Waals surface area contributed by atoms with Gasteiger partial charge in [-0.2, -0.15) is 0 Å².